The van der Waals surface area contributed by atoms with Crippen molar-refractivity contribution in [3.63, 3.8) is 0 Å². The number of nitriles is 1. The smallest absolute Gasteiger partial charge is 0.322 e. The second kappa shape index (κ2) is 52.4. The Bertz CT molecular complexity index is 6000. The van der Waals surface area contributed by atoms with E-state index in [1.807, 2.05) is 101 Å². The summed E-state index contributed by atoms with van der Waals surface area (Å²) in [7, 11) is 61.4. The Labute approximate surface area is 871 Å². The van der Waals surface area contributed by atoms with E-state index in [-0.39, 0.29) is 51.8 Å². The average molecular weight is 2050 g/mol. The van der Waals surface area contributed by atoms with Crippen molar-refractivity contribution < 1.29 is 60.2 Å². The van der Waals surface area contributed by atoms with Crippen LogP contribution in [-0.4, -0.2) is 336 Å². The number of sulfonamides is 3. The van der Waals surface area contributed by atoms with Crippen LogP contribution in [0.25, 0.3) is 33.4 Å². The van der Waals surface area contributed by atoms with Crippen molar-refractivity contribution >= 4 is 218 Å². The number of urea groups is 1. The zero-order valence-corrected chi connectivity index (χ0v) is 87.1. The van der Waals surface area contributed by atoms with Crippen LogP contribution in [0.15, 0.2) is 215 Å². The van der Waals surface area contributed by atoms with Crippen LogP contribution in [0.4, 0.5) is 35.0 Å². The van der Waals surface area contributed by atoms with Crippen LogP contribution in [0.1, 0.15) is 99.6 Å². The maximum atomic E-state index is 14.7. The van der Waals surface area contributed by atoms with Gasteiger partial charge in [0.05, 0.1) is 55.8 Å². The van der Waals surface area contributed by atoms with Crippen LogP contribution in [0.3, 0.4) is 0 Å². The van der Waals surface area contributed by atoms with Crippen molar-refractivity contribution in [1.82, 2.24) is 32.9 Å². The Balaban J connectivity index is 0.000000236. The molecule has 4 aliphatic rings. The van der Waals surface area contributed by atoms with Crippen molar-refractivity contribution in [3.8, 4) is 56.7 Å². The molecule has 22 radical (unpaired) electrons. The third-order valence-corrected chi connectivity index (χ3v) is 31.0. The number of halogens is 4. The molecule has 4 aliphatic heterocycles. The van der Waals surface area contributed by atoms with Gasteiger partial charge in [0, 0.05) is 288 Å². The monoisotopic (exact) mass is 2050 g/mol. The Morgan fingerprint density at radius 2 is 0.787 bits per heavy atom. The van der Waals surface area contributed by atoms with E-state index in [0.717, 1.165) is 120 Å². The minimum Gasteiger partial charge on any atom is -0.491 e. The topological polar surface area (TPSA) is 256 Å². The summed E-state index contributed by atoms with van der Waals surface area (Å²) < 4.78 is 146. The highest BCUT2D eigenvalue weighted by Gasteiger charge is 2.50. The lowest BCUT2D eigenvalue weighted by atomic mass is 8.39. The molecule has 0 saturated carbocycles. The number of nitrogens with two attached hydrogens (primary N) is 1. The summed E-state index contributed by atoms with van der Waals surface area (Å²) in [6, 6.07) is 59.7. The zero-order chi connectivity index (χ0) is 105. The first kappa shape index (κ1) is 115. The molecule has 0 bridgehead atoms. The van der Waals surface area contributed by atoms with Crippen LogP contribution in [0.2, 0.25) is 0 Å². The lowest BCUT2D eigenvalue weighted by Crippen LogP contribution is -2.80. The molecule has 9 aromatic rings. The van der Waals surface area contributed by atoms with E-state index in [1.165, 1.54) is 118 Å². The highest BCUT2D eigenvalue weighted by Crippen LogP contribution is 2.44. The number of hydrogen-bond donors (Lipinski definition) is 4. The van der Waals surface area contributed by atoms with E-state index in [9.17, 15) is 48.5 Å². The number of hydrogen-bond acceptors (Lipinski definition) is 17. The number of carbonyl (C=O) groups excluding carboxylic acids is 1. The number of alkyl halides is 1. The largest absolute Gasteiger partial charge is 0.491 e. The Kier molecular flexibility index (Phi) is 42.8. The van der Waals surface area contributed by atoms with Gasteiger partial charge in [-0.3, -0.25) is 19.6 Å². The summed E-state index contributed by atoms with van der Waals surface area (Å²) in [5.74, 6) is 1.38. The molecule has 49 heteroatoms. The molecule has 4 heterocycles. The fourth-order valence-electron chi connectivity index (χ4n) is 18.0. The van der Waals surface area contributed by atoms with Crippen molar-refractivity contribution in [1.29, 1.82) is 5.26 Å². The normalized spacial score (nSPS) is 15.3. The van der Waals surface area contributed by atoms with Crippen molar-refractivity contribution in [2.24, 2.45) is 5.73 Å². The molecular weight excluding hydrogens is 1930 g/mol. The van der Waals surface area contributed by atoms with Crippen molar-refractivity contribution in [3.05, 3.63) is 234 Å². The summed E-state index contributed by atoms with van der Waals surface area (Å²) in [5, 5.41) is 20.1. The highest BCUT2D eigenvalue weighted by atomic mass is 127. The molecule has 13 rings (SSSR count). The molecule has 9 aromatic carbocycles. The molecule has 710 valence electrons. The highest BCUT2D eigenvalue weighted by molar-refractivity contribution is 14.1. The van der Waals surface area contributed by atoms with Gasteiger partial charge in [0.1, 0.15) is 40.2 Å². The lowest BCUT2D eigenvalue weighted by Gasteiger charge is -2.44. The fourth-order valence-corrected chi connectivity index (χ4v) is 20.7. The fraction of sp³-hybridized carbons (Fsp3) is 0.391. The molecule has 4 fully saturated rings. The number of likely N-dealkylation sites (tertiary alicyclic amines) is 3. The summed E-state index contributed by atoms with van der Waals surface area (Å²) in [5.41, 5.74) is 14.1. The number of nitrogens with one attached hydrogen (secondary N) is 3. The quantitative estimate of drug-likeness (QED) is 0.0164. The number of rotatable bonds is 35. The van der Waals surface area contributed by atoms with E-state index < -0.39 is 110 Å². The maximum absolute atomic E-state index is 14.7. The molecule has 22 nitrogen and oxygen atoms in total. The van der Waals surface area contributed by atoms with Crippen LogP contribution < -0.4 is 40.8 Å². The molecule has 1 spiro atoms. The minimum atomic E-state index is -3.59. The van der Waals surface area contributed by atoms with E-state index >= 15 is 0 Å². The number of nitrogens with zero attached hydrogens (tertiary/aromatic N) is 8. The summed E-state index contributed by atoms with van der Waals surface area (Å²) >= 11 is 1.96. The van der Waals surface area contributed by atoms with Crippen molar-refractivity contribution in [2.45, 2.75) is 149 Å². The first-order valence-electron chi connectivity index (χ1n) is 47.5. The maximum Gasteiger partial charge on any atom is 0.322 e. The van der Waals surface area contributed by atoms with Gasteiger partial charge in [-0.15, -0.1) is 0 Å². The first-order chi connectivity index (χ1) is 66.9. The van der Waals surface area contributed by atoms with E-state index in [2.05, 4.69) is 73.1 Å². The molecule has 0 aromatic heterocycles. The SMILES string of the molecule is CC(C)Oc1cccc(CN2CCC(C#N)(Nc3cc(F)ccc3-c3ccc(S(=O)(=O)N(C)C)cc3)CC2)c1.CC(C)Oc1cccc(CN2CCC(CN)(Nc3cc(F)ccc3-c3ccc(S(=O)(=O)N(C)C)cc3)CC2)c1.CC(C)Oc1cccc(CN2CCC3(CC2)CNC(=O)N3c2cc(F)ccc2-c2ccc(S(=O)(=O)N(C)C)cc2)c1.[2H]CI.[B]B([B])B([B])B(B(B([B])[B])B([B])[B])B(B([B])[B])B([B])[B].[HH]. The van der Waals surface area contributed by atoms with Gasteiger partial charge in [0.15, 0.2) is 0 Å². The predicted octanol–water partition coefficient (Wildman–Crippen LogP) is 9.21. The average Bonchev–Trinajstić information content (AvgIpc) is 1.61. The van der Waals surface area contributed by atoms with Gasteiger partial charge in [-0.05, 0) is 246 Å². The summed E-state index contributed by atoms with van der Waals surface area (Å²) in [4.78, 5) is 23.1. The third-order valence-electron chi connectivity index (χ3n) is 25.5. The Morgan fingerprint density at radius 1 is 0.468 bits per heavy atom. The zero-order valence-electron chi connectivity index (χ0n) is 83.5. The van der Waals surface area contributed by atoms with Crippen LogP contribution in [0.5, 0.6) is 17.2 Å². The molecule has 4 saturated heterocycles. The third kappa shape index (κ3) is 31.4. The Hall–Kier alpha value is -7.87. The van der Waals surface area contributed by atoms with E-state index in [0.29, 0.717) is 77.7 Å². The molecular formula is C92H116B20F3IN12O10S3. The van der Waals surface area contributed by atoms with Gasteiger partial charge in [-0.1, -0.05) is 95.4 Å². The predicted molar refractivity (Wildman–Crippen MR) is 601 cm³/mol. The number of carbonyl (C=O) groups is 1. The molecule has 2 amide bonds. The molecule has 0 unspecified atom stereocenters. The summed E-state index contributed by atoms with van der Waals surface area (Å²) in [6.45, 7) is 20.0. The van der Waals surface area contributed by atoms with E-state index in [1.54, 1.807) is 71.6 Å². The van der Waals surface area contributed by atoms with Gasteiger partial charge in [-0.25, -0.2) is 56.1 Å². The minimum absolute atomic E-state index is 0. The van der Waals surface area contributed by atoms with Gasteiger partial charge >= 0.3 is 6.03 Å². The second-order valence-electron chi connectivity index (χ2n) is 37.6. The van der Waals surface area contributed by atoms with E-state index in [4.69, 9.17) is 106 Å². The van der Waals surface area contributed by atoms with Crippen LogP contribution in [-0.2, 0) is 49.7 Å². The van der Waals surface area contributed by atoms with Gasteiger partial charge in [0.2, 0.25) is 30.1 Å². The van der Waals surface area contributed by atoms with Gasteiger partial charge in [-0.2, -0.15) is 5.26 Å². The number of anilines is 3. The number of piperidine rings is 3. The first-order valence-corrected chi connectivity index (χ1v) is 52.6. The number of amides is 2. The summed E-state index contributed by atoms with van der Waals surface area (Å²) in [6.07, 6.45) is -2.60. The van der Waals surface area contributed by atoms with Crippen molar-refractivity contribution in [2.75, 3.05) is 115 Å². The van der Waals surface area contributed by atoms with Gasteiger partial charge < -0.3 is 35.9 Å². The number of benzene rings is 9. The molecule has 0 atom stereocenters. The molecule has 141 heavy (non-hydrogen) atoms. The number of ether oxygens (including phenoxy) is 3. The molecule has 0 aliphatic carbocycles. The van der Waals surface area contributed by atoms with Gasteiger partial charge in [0.25, 0.3) is 0 Å². The lowest BCUT2D eigenvalue weighted by molar-refractivity contribution is 0.162. The standard InChI is InChI=1S/C31H37FN4O4S.C30H39FN4O3S.C30H35FN4O3S.CH3I.B20.H2/c1-22(2)40-26-7-5-6-23(18-26)20-35-16-14-31(15-17-35)21-33-30(37)36(31)29-19-25(32)10-13-28(29)24-8-11-27(12-9-24)41(38,39)34(3)4;2*1-22(2)38-26-7-5-6-23(18-26)20-35-16-14-30(21-32,15-17-35)33-29-19-25(31)10-13-28(29)24-8-11-27(12-9-24)39(36,37)34(3)4;1-2;1-12(2)17(11)20(18(13(3)4)14(5)6)19(15(7)8)16(9)10;/h5-13,18-19,22H,14-17,20-21H2,1-4H3,(H,33,37);5-13,18-19,22,33H,14-17,20-21,32H2,1-4H3;5-13,18-19,22,33H,14-17,20H2,1-4H3;1H3;;1H/i;;;1D;;. The molecule has 5 N–H and O–H groups in total. The van der Waals surface area contributed by atoms with Crippen LogP contribution >= 0.6 is 22.6 Å². The Morgan fingerprint density at radius 3 is 1.11 bits per heavy atom. The van der Waals surface area contributed by atoms with Crippen LogP contribution in [0, 0.1) is 28.8 Å². The second-order valence-corrected chi connectivity index (χ2v) is 44.0.